The van der Waals surface area contributed by atoms with Crippen LogP contribution < -0.4 is 10.3 Å². The van der Waals surface area contributed by atoms with Crippen LogP contribution in [0, 0.1) is 11.6 Å². The van der Waals surface area contributed by atoms with Crippen molar-refractivity contribution in [2.45, 2.75) is 30.9 Å². The van der Waals surface area contributed by atoms with E-state index >= 15 is 0 Å². The molecule has 2 atom stereocenters. The van der Waals surface area contributed by atoms with Crippen molar-refractivity contribution in [3.8, 4) is 16.9 Å². The van der Waals surface area contributed by atoms with Crippen molar-refractivity contribution in [2.24, 2.45) is 0 Å². The van der Waals surface area contributed by atoms with Crippen LogP contribution in [0.2, 0.25) is 0 Å². The van der Waals surface area contributed by atoms with Crippen LogP contribution in [-0.2, 0) is 10.3 Å². The van der Waals surface area contributed by atoms with Crippen molar-refractivity contribution in [1.82, 2.24) is 9.78 Å². The minimum absolute atomic E-state index is 0.0480. The van der Waals surface area contributed by atoms with Gasteiger partial charge in [-0.15, -0.1) is 0 Å². The Morgan fingerprint density at radius 2 is 1.79 bits per heavy atom. The molecule has 1 saturated heterocycles. The molecule has 180 valence electrons. The Bertz CT molecular complexity index is 1240. The maximum Gasteiger partial charge on any atom is 0.340 e. The maximum absolute atomic E-state index is 14.3. The molecule has 0 spiro atoms. The van der Waals surface area contributed by atoms with E-state index in [-0.39, 0.29) is 17.9 Å². The van der Waals surface area contributed by atoms with Crippen LogP contribution in [0.4, 0.5) is 26.3 Å². The second-order valence-corrected chi connectivity index (χ2v) is 7.88. The SMILES string of the molecule is C[C@@H](n1ncc(-c2ccc(OCC(F)(F)C(F)F)cc2)cc1=O)[C@@]1(c2ccc(F)cc2F)CO1. The van der Waals surface area contributed by atoms with E-state index in [1.165, 1.54) is 42.6 Å². The number of benzene rings is 2. The fraction of sp³-hybridized carbons (Fsp3) is 0.304. The summed E-state index contributed by atoms with van der Waals surface area (Å²) < 4.78 is 89.4. The number of rotatable bonds is 8. The molecule has 0 bridgehead atoms. The minimum Gasteiger partial charge on any atom is -0.487 e. The Balaban J connectivity index is 1.52. The lowest BCUT2D eigenvalue weighted by molar-refractivity contribution is -0.148. The first-order chi connectivity index (χ1) is 16.0. The quantitative estimate of drug-likeness (QED) is 0.335. The van der Waals surface area contributed by atoms with Crippen molar-refractivity contribution >= 4 is 0 Å². The molecule has 11 heteroatoms. The standard InChI is InChI=1S/C23H18F6N2O3/c1-13(22(11-34-22)18-7-4-16(24)9-19(18)25)31-20(32)8-15(10-30-31)14-2-5-17(6-3-14)33-12-23(28,29)21(26)27/h2-10,13,21H,11-12H2,1H3/t13-,22-/m1/s1. The molecule has 34 heavy (non-hydrogen) atoms. The van der Waals surface area contributed by atoms with Gasteiger partial charge < -0.3 is 9.47 Å². The summed E-state index contributed by atoms with van der Waals surface area (Å²) in [5, 5.41) is 4.16. The lowest BCUT2D eigenvalue weighted by Gasteiger charge is -2.22. The molecule has 5 nitrogen and oxygen atoms in total. The van der Waals surface area contributed by atoms with Gasteiger partial charge in [0.15, 0.2) is 6.61 Å². The molecule has 2 heterocycles. The highest BCUT2D eigenvalue weighted by atomic mass is 19.3. The Morgan fingerprint density at radius 3 is 2.35 bits per heavy atom. The number of hydrogen-bond acceptors (Lipinski definition) is 4. The molecule has 1 aliphatic rings. The summed E-state index contributed by atoms with van der Waals surface area (Å²) in [7, 11) is 0. The van der Waals surface area contributed by atoms with Crippen LogP contribution in [-0.4, -0.2) is 35.3 Å². The first-order valence-corrected chi connectivity index (χ1v) is 10.1. The largest absolute Gasteiger partial charge is 0.487 e. The van der Waals surface area contributed by atoms with Crippen molar-refractivity contribution in [2.75, 3.05) is 13.2 Å². The van der Waals surface area contributed by atoms with E-state index in [1.807, 2.05) is 0 Å². The minimum atomic E-state index is -4.27. The predicted octanol–water partition coefficient (Wildman–Crippen LogP) is 4.95. The number of alkyl halides is 4. The lowest BCUT2D eigenvalue weighted by Crippen LogP contribution is -2.33. The van der Waals surface area contributed by atoms with E-state index in [2.05, 4.69) is 5.10 Å². The summed E-state index contributed by atoms with van der Waals surface area (Å²) in [6.45, 7) is 0.280. The van der Waals surface area contributed by atoms with Gasteiger partial charge >= 0.3 is 12.3 Å². The van der Waals surface area contributed by atoms with E-state index in [4.69, 9.17) is 9.47 Å². The summed E-state index contributed by atoms with van der Waals surface area (Å²) >= 11 is 0. The first kappa shape index (κ1) is 23.8. The van der Waals surface area contributed by atoms with Crippen molar-refractivity contribution in [3.05, 3.63) is 82.3 Å². The summed E-state index contributed by atoms with van der Waals surface area (Å²) in [6.07, 6.45) is -2.46. The third-order valence-electron chi connectivity index (χ3n) is 5.65. The maximum atomic E-state index is 14.3. The van der Waals surface area contributed by atoms with Gasteiger partial charge in [-0.25, -0.2) is 22.2 Å². The zero-order valence-electron chi connectivity index (χ0n) is 17.7. The third-order valence-corrected chi connectivity index (χ3v) is 5.65. The van der Waals surface area contributed by atoms with Gasteiger partial charge in [-0.1, -0.05) is 18.2 Å². The molecule has 0 N–H and O–H groups in total. The number of halogens is 6. The number of nitrogens with zero attached hydrogens (tertiary/aromatic N) is 2. The van der Waals surface area contributed by atoms with Gasteiger partial charge in [0.2, 0.25) is 0 Å². The van der Waals surface area contributed by atoms with Gasteiger partial charge in [-0.3, -0.25) is 4.79 Å². The summed E-state index contributed by atoms with van der Waals surface area (Å²) in [4.78, 5) is 12.8. The third kappa shape index (κ3) is 4.52. The number of hydrogen-bond donors (Lipinski definition) is 0. The number of epoxide rings is 1. The molecule has 0 unspecified atom stereocenters. The van der Waals surface area contributed by atoms with Gasteiger partial charge in [-0.05, 0) is 30.7 Å². The van der Waals surface area contributed by atoms with Crippen LogP contribution in [0.5, 0.6) is 5.75 Å². The van der Waals surface area contributed by atoms with Crippen molar-refractivity contribution in [1.29, 1.82) is 0 Å². The van der Waals surface area contributed by atoms with Crippen LogP contribution >= 0.6 is 0 Å². The number of ether oxygens (including phenoxy) is 2. The molecule has 0 radical (unpaired) electrons. The van der Waals surface area contributed by atoms with E-state index in [0.717, 1.165) is 16.8 Å². The first-order valence-electron chi connectivity index (χ1n) is 10.1. The van der Waals surface area contributed by atoms with E-state index < -0.39 is 47.8 Å². The fourth-order valence-corrected chi connectivity index (χ4v) is 3.58. The Kier molecular flexibility index (Phi) is 6.15. The summed E-state index contributed by atoms with van der Waals surface area (Å²) in [5.41, 5.74) is -0.655. The zero-order chi connectivity index (χ0) is 24.7. The van der Waals surface area contributed by atoms with Crippen LogP contribution in [0.1, 0.15) is 18.5 Å². The van der Waals surface area contributed by atoms with Gasteiger partial charge in [-0.2, -0.15) is 13.9 Å². The van der Waals surface area contributed by atoms with Gasteiger partial charge in [0, 0.05) is 23.3 Å². The van der Waals surface area contributed by atoms with Gasteiger partial charge in [0.05, 0.1) is 18.8 Å². The molecule has 0 aliphatic carbocycles. The molecule has 4 rings (SSSR count). The smallest absolute Gasteiger partial charge is 0.340 e. The molecule has 1 fully saturated rings. The molecule has 3 aromatic rings. The molecule has 1 aromatic heterocycles. The van der Waals surface area contributed by atoms with Crippen molar-refractivity contribution in [3.63, 3.8) is 0 Å². The Hall–Kier alpha value is -3.34. The summed E-state index contributed by atoms with van der Waals surface area (Å²) in [5.74, 6) is -5.84. The normalized spacial score (nSPS) is 18.7. The molecule has 0 saturated carbocycles. The second kappa shape index (κ2) is 8.79. The van der Waals surface area contributed by atoms with E-state index in [1.54, 1.807) is 6.92 Å². The van der Waals surface area contributed by atoms with Crippen LogP contribution in [0.3, 0.4) is 0 Å². The topological polar surface area (TPSA) is 56.7 Å². The fourth-order valence-electron chi connectivity index (χ4n) is 3.58. The Morgan fingerprint density at radius 1 is 1.12 bits per heavy atom. The van der Waals surface area contributed by atoms with Gasteiger partial charge in [0.25, 0.3) is 5.56 Å². The lowest BCUT2D eigenvalue weighted by atomic mass is 9.92. The highest BCUT2D eigenvalue weighted by molar-refractivity contribution is 5.62. The highest BCUT2D eigenvalue weighted by Crippen LogP contribution is 2.48. The molecule has 0 amide bonds. The monoisotopic (exact) mass is 484 g/mol. The molecular formula is C23H18F6N2O3. The Labute approximate surface area is 189 Å². The molecular weight excluding hydrogens is 466 g/mol. The predicted molar refractivity (Wildman–Crippen MR) is 109 cm³/mol. The molecule has 1 aliphatic heterocycles. The zero-order valence-corrected chi connectivity index (χ0v) is 17.7. The van der Waals surface area contributed by atoms with Crippen molar-refractivity contribution < 1.29 is 35.8 Å². The summed E-state index contributed by atoms with van der Waals surface area (Å²) in [6, 6.07) is 9.21. The van der Waals surface area contributed by atoms with E-state index in [9.17, 15) is 31.1 Å². The average Bonchev–Trinajstić information content (AvgIpc) is 3.59. The number of aromatic nitrogens is 2. The van der Waals surface area contributed by atoms with Crippen LogP contribution in [0.15, 0.2) is 59.5 Å². The second-order valence-electron chi connectivity index (χ2n) is 7.88. The van der Waals surface area contributed by atoms with Gasteiger partial charge in [0.1, 0.15) is 23.0 Å². The molecule has 2 aromatic carbocycles. The average molecular weight is 484 g/mol. The van der Waals surface area contributed by atoms with E-state index in [0.29, 0.717) is 11.1 Å². The van der Waals surface area contributed by atoms with Crippen LogP contribution in [0.25, 0.3) is 11.1 Å². The highest BCUT2D eigenvalue weighted by Gasteiger charge is 2.54.